The minimum atomic E-state index is -0.0884. The van der Waals surface area contributed by atoms with Gasteiger partial charge in [-0.3, -0.25) is 4.79 Å². The average Bonchev–Trinajstić information content (AvgIpc) is 2.48. The third-order valence-electron chi connectivity index (χ3n) is 6.09. The van der Waals surface area contributed by atoms with Gasteiger partial charge in [-0.1, -0.05) is 18.2 Å². The van der Waals surface area contributed by atoms with Crippen molar-refractivity contribution in [3.05, 3.63) is 29.8 Å². The molecule has 3 nitrogen and oxygen atoms in total. The molecule has 22 heavy (non-hydrogen) atoms. The number of para-hydroxylation sites is 1. The fraction of sp³-hybridized carbons (Fsp3) is 0.632. The summed E-state index contributed by atoms with van der Waals surface area (Å²) in [5.74, 6) is 2.65. The lowest BCUT2D eigenvalue weighted by Crippen LogP contribution is -2.51. The molecule has 0 saturated heterocycles. The first-order chi connectivity index (χ1) is 10.7. The van der Waals surface area contributed by atoms with E-state index in [-0.39, 0.29) is 11.3 Å². The van der Waals surface area contributed by atoms with Crippen molar-refractivity contribution in [2.45, 2.75) is 45.1 Å². The van der Waals surface area contributed by atoms with Crippen LogP contribution >= 0.6 is 0 Å². The lowest BCUT2D eigenvalue weighted by molar-refractivity contribution is -0.140. The van der Waals surface area contributed by atoms with Crippen LogP contribution in [0.5, 0.6) is 0 Å². The Morgan fingerprint density at radius 2 is 1.73 bits per heavy atom. The van der Waals surface area contributed by atoms with Crippen LogP contribution in [0.1, 0.15) is 44.1 Å². The minimum absolute atomic E-state index is 0.0884. The van der Waals surface area contributed by atoms with Gasteiger partial charge in [0.25, 0.3) is 0 Å². The number of rotatable bonds is 4. The molecule has 0 atom stereocenters. The number of methoxy groups -OCH3 is 1. The summed E-state index contributed by atoms with van der Waals surface area (Å²) in [6.45, 7) is 0.539. The molecule has 0 radical (unpaired) electrons. The molecule has 5 rings (SSSR count). The molecule has 1 aromatic rings. The molecule has 4 fully saturated rings. The van der Waals surface area contributed by atoms with Gasteiger partial charge in [0.2, 0.25) is 5.91 Å². The van der Waals surface area contributed by atoms with Gasteiger partial charge in [0, 0.05) is 18.4 Å². The number of carbonyl (C=O) groups is 1. The molecule has 4 bridgehead atoms. The van der Waals surface area contributed by atoms with E-state index in [0.29, 0.717) is 6.61 Å². The van der Waals surface area contributed by atoms with E-state index in [9.17, 15) is 4.79 Å². The number of nitrogens with one attached hydrogen (secondary N) is 1. The lowest BCUT2D eigenvalue weighted by Gasteiger charge is -2.55. The molecule has 1 amide bonds. The van der Waals surface area contributed by atoms with Crippen molar-refractivity contribution in [1.29, 1.82) is 0 Å². The largest absolute Gasteiger partial charge is 0.380 e. The molecule has 0 unspecified atom stereocenters. The van der Waals surface area contributed by atoms with Crippen molar-refractivity contribution < 1.29 is 9.53 Å². The molecule has 1 aromatic carbocycles. The fourth-order valence-corrected chi connectivity index (χ4v) is 5.57. The number of ether oxygens (including phenoxy) is 1. The van der Waals surface area contributed by atoms with E-state index in [1.807, 2.05) is 24.3 Å². The maximum Gasteiger partial charge on any atom is 0.230 e. The van der Waals surface area contributed by atoms with E-state index < -0.39 is 0 Å². The predicted octanol–water partition coefficient (Wildman–Crippen LogP) is 3.99. The van der Waals surface area contributed by atoms with Crippen LogP contribution in [0.25, 0.3) is 0 Å². The quantitative estimate of drug-likeness (QED) is 0.913. The topological polar surface area (TPSA) is 38.3 Å². The van der Waals surface area contributed by atoms with Crippen molar-refractivity contribution in [1.82, 2.24) is 0 Å². The van der Waals surface area contributed by atoms with Crippen molar-refractivity contribution in [3.63, 3.8) is 0 Å². The van der Waals surface area contributed by atoms with E-state index in [4.69, 9.17) is 4.74 Å². The summed E-state index contributed by atoms with van der Waals surface area (Å²) in [7, 11) is 1.69. The standard InChI is InChI=1S/C19H25NO2/c1-22-12-16-4-2-3-5-17(16)20-18(21)19-9-13-6-14(10-19)8-15(7-13)11-19/h2-5,13-15H,6-12H2,1H3,(H,20,21). The molecular formula is C19H25NO2. The molecule has 4 aliphatic rings. The average molecular weight is 299 g/mol. The molecule has 0 spiro atoms. The summed E-state index contributed by atoms with van der Waals surface area (Å²) in [6.07, 6.45) is 7.43. The molecule has 0 heterocycles. The Morgan fingerprint density at radius 1 is 1.14 bits per heavy atom. The SMILES string of the molecule is COCc1ccccc1NC(=O)C12CC3CC(CC(C3)C1)C2. The molecule has 118 valence electrons. The maximum absolute atomic E-state index is 13.1. The monoisotopic (exact) mass is 299 g/mol. The number of benzene rings is 1. The second-order valence-electron chi connectivity index (χ2n) is 7.74. The summed E-state index contributed by atoms with van der Waals surface area (Å²) >= 11 is 0. The predicted molar refractivity (Wildman–Crippen MR) is 86.4 cm³/mol. The van der Waals surface area contributed by atoms with Crippen LogP contribution in [0.4, 0.5) is 5.69 Å². The molecular weight excluding hydrogens is 274 g/mol. The number of carbonyl (C=O) groups excluding carboxylic acids is 1. The van der Waals surface area contributed by atoms with Gasteiger partial charge < -0.3 is 10.1 Å². The highest BCUT2D eigenvalue weighted by atomic mass is 16.5. The summed E-state index contributed by atoms with van der Waals surface area (Å²) in [4.78, 5) is 13.1. The van der Waals surface area contributed by atoms with Gasteiger partial charge in [-0.2, -0.15) is 0 Å². The molecule has 3 heteroatoms. The zero-order chi connectivity index (χ0) is 15.2. The van der Waals surface area contributed by atoms with Crippen molar-refractivity contribution in [3.8, 4) is 0 Å². The third kappa shape index (κ3) is 2.36. The minimum Gasteiger partial charge on any atom is -0.380 e. The van der Waals surface area contributed by atoms with Crippen molar-refractivity contribution >= 4 is 11.6 Å². The number of amides is 1. The lowest BCUT2D eigenvalue weighted by atomic mass is 9.49. The number of hydrogen-bond donors (Lipinski definition) is 1. The Kier molecular flexibility index (Phi) is 3.48. The zero-order valence-corrected chi connectivity index (χ0v) is 13.3. The maximum atomic E-state index is 13.1. The van der Waals surface area contributed by atoms with E-state index >= 15 is 0 Å². The molecule has 4 saturated carbocycles. The third-order valence-corrected chi connectivity index (χ3v) is 6.09. The highest BCUT2D eigenvalue weighted by molar-refractivity contribution is 5.96. The Morgan fingerprint density at radius 3 is 2.32 bits per heavy atom. The Labute approximate surface area is 132 Å². The van der Waals surface area contributed by atoms with Crippen LogP contribution in [-0.2, 0) is 16.1 Å². The first kappa shape index (κ1) is 14.3. The van der Waals surface area contributed by atoms with Crippen molar-refractivity contribution in [2.75, 3.05) is 12.4 Å². The Hall–Kier alpha value is -1.35. The van der Waals surface area contributed by atoms with Gasteiger partial charge in [-0.15, -0.1) is 0 Å². The van der Waals surface area contributed by atoms with Crippen LogP contribution in [-0.4, -0.2) is 13.0 Å². The highest BCUT2D eigenvalue weighted by Gasteiger charge is 2.54. The first-order valence-electron chi connectivity index (χ1n) is 8.57. The summed E-state index contributed by atoms with van der Waals surface area (Å²) in [6, 6.07) is 7.99. The molecule has 4 aliphatic carbocycles. The van der Waals surface area contributed by atoms with Crippen LogP contribution in [0.2, 0.25) is 0 Å². The normalized spacial score (nSPS) is 35.6. The highest BCUT2D eigenvalue weighted by Crippen LogP contribution is 2.60. The van der Waals surface area contributed by atoms with E-state index in [1.165, 1.54) is 19.3 Å². The van der Waals surface area contributed by atoms with Crippen LogP contribution < -0.4 is 5.32 Å². The second-order valence-corrected chi connectivity index (χ2v) is 7.74. The summed E-state index contributed by atoms with van der Waals surface area (Å²) in [5.41, 5.74) is 1.89. The number of hydrogen-bond acceptors (Lipinski definition) is 2. The van der Waals surface area contributed by atoms with Crippen LogP contribution in [0.3, 0.4) is 0 Å². The Balaban J connectivity index is 1.55. The first-order valence-corrected chi connectivity index (χ1v) is 8.57. The van der Waals surface area contributed by atoms with Gasteiger partial charge in [-0.05, 0) is 62.3 Å². The summed E-state index contributed by atoms with van der Waals surface area (Å²) < 4.78 is 5.25. The smallest absolute Gasteiger partial charge is 0.230 e. The van der Waals surface area contributed by atoms with Crippen molar-refractivity contribution in [2.24, 2.45) is 23.2 Å². The summed E-state index contributed by atoms with van der Waals surface area (Å²) in [5, 5.41) is 3.23. The molecule has 0 aliphatic heterocycles. The van der Waals surface area contributed by atoms with Crippen LogP contribution in [0.15, 0.2) is 24.3 Å². The number of anilines is 1. The van der Waals surface area contributed by atoms with Gasteiger partial charge in [-0.25, -0.2) is 0 Å². The fourth-order valence-electron chi connectivity index (χ4n) is 5.57. The van der Waals surface area contributed by atoms with Gasteiger partial charge in [0.05, 0.1) is 12.0 Å². The van der Waals surface area contributed by atoms with Gasteiger partial charge >= 0.3 is 0 Å². The van der Waals surface area contributed by atoms with Gasteiger partial charge in [0.15, 0.2) is 0 Å². The van der Waals surface area contributed by atoms with Gasteiger partial charge in [0.1, 0.15) is 0 Å². The van der Waals surface area contributed by atoms with Crippen LogP contribution in [0, 0.1) is 23.2 Å². The molecule has 1 N–H and O–H groups in total. The Bertz CT molecular complexity index is 545. The van der Waals surface area contributed by atoms with E-state index in [2.05, 4.69) is 5.32 Å². The second kappa shape index (κ2) is 5.38. The van der Waals surface area contributed by atoms with E-state index in [1.54, 1.807) is 7.11 Å². The van der Waals surface area contributed by atoms with E-state index in [0.717, 1.165) is 48.3 Å². The zero-order valence-electron chi connectivity index (χ0n) is 13.3. The molecule has 0 aromatic heterocycles.